The third kappa shape index (κ3) is 4.23. The molecule has 2 amide bonds. The van der Waals surface area contributed by atoms with E-state index in [2.05, 4.69) is 10.2 Å². The zero-order chi connectivity index (χ0) is 17.8. The molecule has 1 aromatic rings. The highest BCUT2D eigenvalue weighted by Gasteiger charge is 2.32. The van der Waals surface area contributed by atoms with Crippen molar-refractivity contribution < 1.29 is 19.1 Å². The maximum Gasteiger partial charge on any atom is 0.267 e. The number of morpholine rings is 1. The number of hydrogen-bond acceptors (Lipinski definition) is 5. The first-order chi connectivity index (χ1) is 12.1. The number of nitrogens with zero attached hydrogens (tertiary/aromatic N) is 2. The number of alkyl halides is 1. The van der Waals surface area contributed by atoms with Crippen LogP contribution in [0.1, 0.15) is 6.92 Å². The molecule has 8 heteroatoms. The summed E-state index contributed by atoms with van der Waals surface area (Å²) in [6.07, 6.45) is -0.527. The van der Waals surface area contributed by atoms with E-state index in [0.29, 0.717) is 23.7 Å². The number of halogens is 1. The smallest absolute Gasteiger partial charge is 0.267 e. The normalized spacial score (nSPS) is 20.8. The van der Waals surface area contributed by atoms with Gasteiger partial charge in [0, 0.05) is 31.9 Å². The van der Waals surface area contributed by atoms with Crippen LogP contribution in [0.5, 0.6) is 5.75 Å². The van der Waals surface area contributed by atoms with E-state index < -0.39 is 6.10 Å². The summed E-state index contributed by atoms with van der Waals surface area (Å²) in [6, 6.07) is 5.26. The molecule has 136 valence electrons. The molecule has 25 heavy (non-hydrogen) atoms. The van der Waals surface area contributed by atoms with Crippen LogP contribution in [0.25, 0.3) is 0 Å². The Kier molecular flexibility index (Phi) is 5.78. The number of amides is 2. The van der Waals surface area contributed by atoms with Crippen molar-refractivity contribution in [3.8, 4) is 5.75 Å². The van der Waals surface area contributed by atoms with Crippen molar-refractivity contribution in [1.29, 1.82) is 0 Å². The Morgan fingerprint density at radius 2 is 2.08 bits per heavy atom. The summed E-state index contributed by atoms with van der Waals surface area (Å²) < 4.78 is 11.0. The average molecular weight is 368 g/mol. The number of benzene rings is 1. The predicted molar refractivity (Wildman–Crippen MR) is 95.5 cm³/mol. The van der Waals surface area contributed by atoms with Crippen LogP contribution in [0.15, 0.2) is 18.2 Å². The Hall–Kier alpha value is -1.83. The summed E-state index contributed by atoms with van der Waals surface area (Å²) in [7, 11) is 0. The fourth-order valence-corrected chi connectivity index (χ4v) is 3.04. The van der Waals surface area contributed by atoms with Gasteiger partial charge in [0.05, 0.1) is 18.9 Å². The van der Waals surface area contributed by atoms with Gasteiger partial charge in [-0.3, -0.25) is 14.5 Å². The lowest BCUT2D eigenvalue weighted by atomic mass is 10.1. The second-order valence-corrected chi connectivity index (χ2v) is 6.34. The van der Waals surface area contributed by atoms with Gasteiger partial charge in [0.1, 0.15) is 11.6 Å². The van der Waals surface area contributed by atoms with Crippen LogP contribution in [0.3, 0.4) is 0 Å². The second-order valence-electron chi connectivity index (χ2n) is 6.07. The number of ether oxygens (including phenoxy) is 2. The molecule has 1 unspecified atom stereocenters. The lowest BCUT2D eigenvalue weighted by Crippen LogP contribution is -2.48. The summed E-state index contributed by atoms with van der Waals surface area (Å²) >= 11 is 5.53. The molecule has 0 spiro atoms. The van der Waals surface area contributed by atoms with Gasteiger partial charge in [0.2, 0.25) is 5.91 Å². The van der Waals surface area contributed by atoms with Gasteiger partial charge in [-0.15, -0.1) is 11.6 Å². The highest BCUT2D eigenvalue weighted by molar-refractivity contribution is 6.29. The molecule has 1 atom stereocenters. The fraction of sp³-hybridized carbons (Fsp3) is 0.529. The molecule has 1 saturated heterocycles. The van der Waals surface area contributed by atoms with Crippen molar-refractivity contribution in [3.05, 3.63) is 18.2 Å². The van der Waals surface area contributed by atoms with Gasteiger partial charge in [-0.2, -0.15) is 0 Å². The van der Waals surface area contributed by atoms with Gasteiger partial charge in [-0.1, -0.05) is 0 Å². The molecule has 2 aliphatic heterocycles. The van der Waals surface area contributed by atoms with E-state index in [1.54, 1.807) is 30.0 Å². The molecule has 2 heterocycles. The summed E-state index contributed by atoms with van der Waals surface area (Å²) in [5.41, 5.74) is 1.26. The topological polar surface area (TPSA) is 71.1 Å². The monoisotopic (exact) mass is 367 g/mol. The SMILES string of the molecule is CC1Oc2ccc(NC(=O)CCl)cc2N(CCN2CCOCC2)C1=O. The zero-order valence-corrected chi connectivity index (χ0v) is 14.9. The fourth-order valence-electron chi connectivity index (χ4n) is 2.98. The van der Waals surface area contributed by atoms with E-state index in [4.69, 9.17) is 21.1 Å². The maximum absolute atomic E-state index is 12.6. The Bertz CT molecular complexity index is 649. The van der Waals surface area contributed by atoms with Crippen molar-refractivity contribution >= 4 is 34.8 Å². The van der Waals surface area contributed by atoms with Crippen LogP contribution in [-0.2, 0) is 14.3 Å². The van der Waals surface area contributed by atoms with Crippen LogP contribution in [-0.4, -0.2) is 68.1 Å². The Morgan fingerprint density at radius 1 is 1.32 bits per heavy atom. The van der Waals surface area contributed by atoms with E-state index >= 15 is 0 Å². The molecule has 3 rings (SSSR count). The third-order valence-corrected chi connectivity index (χ3v) is 4.56. The number of hydrogen-bond donors (Lipinski definition) is 1. The minimum atomic E-state index is -0.527. The number of carbonyl (C=O) groups is 2. The maximum atomic E-state index is 12.6. The third-order valence-electron chi connectivity index (χ3n) is 4.32. The van der Waals surface area contributed by atoms with Crippen molar-refractivity contribution in [3.63, 3.8) is 0 Å². The summed E-state index contributed by atoms with van der Waals surface area (Å²) in [4.78, 5) is 28.1. The first-order valence-corrected chi connectivity index (χ1v) is 8.90. The van der Waals surface area contributed by atoms with Crippen LogP contribution in [0, 0.1) is 0 Å². The van der Waals surface area contributed by atoms with Gasteiger partial charge in [-0.25, -0.2) is 0 Å². The molecular weight excluding hydrogens is 346 g/mol. The number of anilines is 2. The predicted octanol–water partition coefficient (Wildman–Crippen LogP) is 1.31. The van der Waals surface area contributed by atoms with Crippen molar-refractivity contribution in [1.82, 2.24) is 4.90 Å². The minimum absolute atomic E-state index is 0.0819. The van der Waals surface area contributed by atoms with E-state index in [-0.39, 0.29) is 17.7 Å². The van der Waals surface area contributed by atoms with Gasteiger partial charge in [0.25, 0.3) is 5.91 Å². The molecule has 0 radical (unpaired) electrons. The molecule has 0 bridgehead atoms. The lowest BCUT2D eigenvalue weighted by Gasteiger charge is -2.35. The standard InChI is InChI=1S/C17H22ClN3O4/c1-12-17(23)21(5-4-20-6-8-24-9-7-20)14-10-13(19-16(22)11-18)2-3-15(14)25-12/h2-3,10,12H,4-9,11H2,1H3,(H,19,22). The van der Waals surface area contributed by atoms with Gasteiger partial charge in [0.15, 0.2) is 6.10 Å². The molecule has 7 nitrogen and oxygen atoms in total. The van der Waals surface area contributed by atoms with E-state index in [0.717, 1.165) is 32.8 Å². The Labute approximate surface area is 151 Å². The van der Waals surface area contributed by atoms with Gasteiger partial charge < -0.3 is 19.7 Å². The van der Waals surface area contributed by atoms with Crippen LogP contribution in [0.4, 0.5) is 11.4 Å². The highest BCUT2D eigenvalue weighted by atomic mass is 35.5. The van der Waals surface area contributed by atoms with E-state index in [9.17, 15) is 9.59 Å². The van der Waals surface area contributed by atoms with Crippen molar-refractivity contribution in [2.45, 2.75) is 13.0 Å². The summed E-state index contributed by atoms with van der Waals surface area (Å²) in [5, 5.41) is 2.70. The largest absolute Gasteiger partial charge is 0.479 e. The number of rotatable bonds is 5. The number of fused-ring (bicyclic) bond motifs is 1. The molecule has 1 fully saturated rings. The summed E-state index contributed by atoms with van der Waals surface area (Å²) in [6.45, 7) is 6.25. The van der Waals surface area contributed by atoms with Gasteiger partial charge >= 0.3 is 0 Å². The van der Waals surface area contributed by atoms with Crippen molar-refractivity contribution in [2.75, 3.05) is 55.5 Å². The first kappa shape index (κ1) is 18.0. The quantitative estimate of drug-likeness (QED) is 0.794. The highest BCUT2D eigenvalue weighted by Crippen LogP contribution is 2.36. The number of nitrogens with one attached hydrogen (secondary N) is 1. The van der Waals surface area contributed by atoms with E-state index in [1.165, 1.54) is 0 Å². The van der Waals surface area contributed by atoms with Crippen LogP contribution in [0.2, 0.25) is 0 Å². The minimum Gasteiger partial charge on any atom is -0.479 e. The molecular formula is C17H22ClN3O4. The Morgan fingerprint density at radius 3 is 2.80 bits per heavy atom. The Balaban J connectivity index is 1.78. The molecule has 2 aliphatic rings. The zero-order valence-electron chi connectivity index (χ0n) is 14.2. The average Bonchev–Trinajstić information content (AvgIpc) is 2.63. The van der Waals surface area contributed by atoms with Crippen LogP contribution >= 0.6 is 11.6 Å². The van der Waals surface area contributed by atoms with E-state index in [1.807, 2.05) is 0 Å². The second kappa shape index (κ2) is 8.03. The van der Waals surface area contributed by atoms with Crippen LogP contribution < -0.4 is 15.0 Å². The number of carbonyl (C=O) groups excluding carboxylic acids is 2. The molecule has 1 aromatic carbocycles. The first-order valence-electron chi connectivity index (χ1n) is 8.36. The molecule has 0 saturated carbocycles. The van der Waals surface area contributed by atoms with Gasteiger partial charge in [-0.05, 0) is 25.1 Å². The molecule has 0 aliphatic carbocycles. The molecule has 1 N–H and O–H groups in total. The molecule has 0 aromatic heterocycles. The lowest BCUT2D eigenvalue weighted by molar-refractivity contribution is -0.125. The van der Waals surface area contributed by atoms with Crippen molar-refractivity contribution in [2.24, 2.45) is 0 Å². The summed E-state index contributed by atoms with van der Waals surface area (Å²) in [5.74, 6) is 0.141.